The number of sulfonamides is 1. The minimum absolute atomic E-state index is 0.00340. The number of halogens is 1. The van der Waals surface area contributed by atoms with Crippen LogP contribution in [0.15, 0.2) is 29.2 Å². The van der Waals surface area contributed by atoms with Crippen LogP contribution in [0.1, 0.15) is 12.8 Å². The molecule has 1 aromatic rings. The highest BCUT2D eigenvalue weighted by Crippen LogP contribution is 2.25. The molecule has 2 fully saturated rings. The Balaban J connectivity index is 1.75. The van der Waals surface area contributed by atoms with Gasteiger partial charge in [0.15, 0.2) is 9.84 Å². The van der Waals surface area contributed by atoms with Gasteiger partial charge in [0, 0.05) is 25.7 Å². The number of morpholine rings is 1. The van der Waals surface area contributed by atoms with Gasteiger partial charge in [0.25, 0.3) is 0 Å². The summed E-state index contributed by atoms with van der Waals surface area (Å²) in [5.74, 6) is -0.682. The van der Waals surface area contributed by atoms with Crippen molar-refractivity contribution in [2.24, 2.45) is 0 Å². The van der Waals surface area contributed by atoms with Gasteiger partial charge >= 0.3 is 0 Å². The van der Waals surface area contributed by atoms with Crippen LogP contribution >= 0.6 is 0 Å². The molecule has 0 aliphatic carbocycles. The van der Waals surface area contributed by atoms with Crippen LogP contribution in [0.25, 0.3) is 0 Å². The Morgan fingerprint density at radius 3 is 2.44 bits per heavy atom. The second-order valence-electron chi connectivity index (χ2n) is 6.93. The average molecular weight is 421 g/mol. The normalized spacial score (nSPS) is 23.7. The lowest BCUT2D eigenvalue weighted by molar-refractivity contribution is 0.0367. The van der Waals surface area contributed by atoms with Gasteiger partial charge < -0.3 is 4.74 Å². The molecule has 0 unspecified atom stereocenters. The molecule has 1 atom stereocenters. The Kier molecular flexibility index (Phi) is 6.52. The van der Waals surface area contributed by atoms with Gasteiger partial charge in [-0.05, 0) is 43.7 Å². The minimum atomic E-state index is -3.90. The molecule has 2 aliphatic heterocycles. The van der Waals surface area contributed by atoms with Crippen molar-refractivity contribution in [3.63, 3.8) is 0 Å². The zero-order valence-corrected chi connectivity index (χ0v) is 16.7. The van der Waals surface area contributed by atoms with E-state index in [1.165, 1.54) is 16.4 Å². The van der Waals surface area contributed by atoms with Gasteiger partial charge in [0.1, 0.15) is 5.82 Å². The summed E-state index contributed by atoms with van der Waals surface area (Å²) in [4.78, 5) is 2.19. The summed E-state index contributed by atoms with van der Waals surface area (Å²) in [7, 11) is -7.12. The van der Waals surface area contributed by atoms with E-state index in [4.69, 9.17) is 4.74 Å². The largest absolute Gasteiger partial charge is 0.379 e. The molecule has 2 aliphatic rings. The molecule has 0 N–H and O–H groups in total. The molecule has 10 heteroatoms. The summed E-state index contributed by atoms with van der Waals surface area (Å²) < 4.78 is 69.7. The monoisotopic (exact) mass is 420 g/mol. The Morgan fingerprint density at radius 1 is 1.19 bits per heavy atom. The molecule has 2 saturated heterocycles. The number of hydrogen-bond donors (Lipinski definition) is 0. The van der Waals surface area contributed by atoms with E-state index in [0.29, 0.717) is 26.1 Å². The van der Waals surface area contributed by atoms with Crippen LogP contribution in [0.2, 0.25) is 0 Å². The topological polar surface area (TPSA) is 84.0 Å². The van der Waals surface area contributed by atoms with E-state index >= 15 is 0 Å². The van der Waals surface area contributed by atoms with E-state index in [9.17, 15) is 21.2 Å². The van der Waals surface area contributed by atoms with E-state index < -0.39 is 31.7 Å². The Labute approximate surface area is 160 Å². The molecule has 0 saturated carbocycles. The second-order valence-corrected chi connectivity index (χ2v) is 11.1. The molecular formula is C17H25FN2O5S2. The molecule has 152 valence electrons. The lowest BCUT2D eigenvalue weighted by Gasteiger charge is -2.30. The van der Waals surface area contributed by atoms with Crippen molar-refractivity contribution in [3.8, 4) is 0 Å². The molecule has 3 rings (SSSR count). The maximum Gasteiger partial charge on any atom is 0.243 e. The third-order valence-corrected chi connectivity index (χ3v) is 8.71. The van der Waals surface area contributed by atoms with Gasteiger partial charge in [0.2, 0.25) is 10.0 Å². The summed E-state index contributed by atoms with van der Waals surface area (Å²) in [5.41, 5.74) is 0. The fourth-order valence-electron chi connectivity index (χ4n) is 3.52. The van der Waals surface area contributed by atoms with Crippen LogP contribution in [0.4, 0.5) is 4.39 Å². The standard InChI is InChI=1S/C17H25FN2O5S2/c18-15-2-4-17(5-3-15)27(23,24)20(16-6-13-26(21,22)14-16)8-1-7-19-9-11-25-12-10-19/h2-5,16H,1,6-14H2/t16-/m1/s1. The molecule has 0 radical (unpaired) electrons. The number of sulfone groups is 1. The number of ether oxygens (including phenoxy) is 1. The van der Waals surface area contributed by atoms with Gasteiger partial charge in [-0.1, -0.05) is 0 Å². The zero-order valence-electron chi connectivity index (χ0n) is 15.1. The van der Waals surface area contributed by atoms with Gasteiger partial charge in [-0.3, -0.25) is 4.90 Å². The number of hydrogen-bond acceptors (Lipinski definition) is 6. The predicted octanol–water partition coefficient (Wildman–Crippen LogP) is 0.726. The highest BCUT2D eigenvalue weighted by Gasteiger charge is 2.38. The highest BCUT2D eigenvalue weighted by molar-refractivity contribution is 7.92. The van der Waals surface area contributed by atoms with Crippen molar-refractivity contribution < 1.29 is 26.0 Å². The van der Waals surface area contributed by atoms with Crippen LogP contribution in [-0.2, 0) is 24.6 Å². The summed E-state index contributed by atoms with van der Waals surface area (Å²) in [5, 5.41) is 0. The van der Waals surface area contributed by atoms with Crippen molar-refractivity contribution in [2.45, 2.75) is 23.8 Å². The van der Waals surface area contributed by atoms with E-state index in [1.54, 1.807) is 0 Å². The van der Waals surface area contributed by atoms with Gasteiger partial charge in [-0.25, -0.2) is 21.2 Å². The Morgan fingerprint density at radius 2 is 1.85 bits per heavy atom. The second kappa shape index (κ2) is 8.52. The third kappa shape index (κ3) is 5.26. The van der Waals surface area contributed by atoms with Crippen LogP contribution in [-0.4, -0.2) is 83.0 Å². The first-order chi connectivity index (χ1) is 12.8. The SMILES string of the molecule is O=S1(=O)CC[C@@H](N(CCCN2CCOCC2)S(=O)(=O)c2ccc(F)cc2)C1. The molecule has 0 amide bonds. The minimum Gasteiger partial charge on any atom is -0.379 e. The quantitative estimate of drug-likeness (QED) is 0.647. The lowest BCUT2D eigenvalue weighted by Crippen LogP contribution is -2.43. The van der Waals surface area contributed by atoms with E-state index in [2.05, 4.69) is 4.90 Å². The van der Waals surface area contributed by atoms with Crippen LogP contribution < -0.4 is 0 Å². The Hall–Kier alpha value is -1.07. The van der Waals surface area contributed by atoms with Crippen LogP contribution in [0.3, 0.4) is 0 Å². The van der Waals surface area contributed by atoms with Gasteiger partial charge in [-0.2, -0.15) is 4.31 Å². The van der Waals surface area contributed by atoms with E-state index in [-0.39, 0.29) is 22.9 Å². The van der Waals surface area contributed by atoms with E-state index in [1.807, 2.05) is 0 Å². The average Bonchev–Trinajstić information content (AvgIpc) is 2.99. The summed E-state index contributed by atoms with van der Waals surface area (Å²) in [6.07, 6.45) is 0.886. The maximum absolute atomic E-state index is 13.2. The Bertz CT molecular complexity index is 837. The molecule has 2 heterocycles. The van der Waals surface area contributed by atoms with Crippen molar-refractivity contribution in [1.82, 2.24) is 9.21 Å². The smallest absolute Gasteiger partial charge is 0.243 e. The summed E-state index contributed by atoms with van der Waals surface area (Å²) in [6, 6.07) is 4.08. The number of benzene rings is 1. The summed E-state index contributed by atoms with van der Waals surface area (Å²) in [6.45, 7) is 3.90. The lowest BCUT2D eigenvalue weighted by atomic mass is 10.2. The van der Waals surface area contributed by atoms with Gasteiger partial charge in [-0.15, -0.1) is 0 Å². The van der Waals surface area contributed by atoms with Crippen molar-refractivity contribution in [1.29, 1.82) is 0 Å². The summed E-state index contributed by atoms with van der Waals surface area (Å²) >= 11 is 0. The van der Waals surface area contributed by atoms with Crippen molar-refractivity contribution in [3.05, 3.63) is 30.1 Å². The molecule has 0 aromatic heterocycles. The maximum atomic E-state index is 13.2. The first-order valence-electron chi connectivity index (χ1n) is 9.06. The predicted molar refractivity (Wildman–Crippen MR) is 99.2 cm³/mol. The van der Waals surface area contributed by atoms with Crippen LogP contribution in [0.5, 0.6) is 0 Å². The fourth-order valence-corrected chi connectivity index (χ4v) is 7.04. The fraction of sp³-hybridized carbons (Fsp3) is 0.647. The molecule has 0 bridgehead atoms. The van der Waals surface area contributed by atoms with Crippen LogP contribution in [0, 0.1) is 5.82 Å². The van der Waals surface area contributed by atoms with Crippen molar-refractivity contribution >= 4 is 19.9 Å². The molecule has 7 nitrogen and oxygen atoms in total. The van der Waals surface area contributed by atoms with Gasteiger partial charge in [0.05, 0.1) is 29.6 Å². The van der Waals surface area contributed by atoms with Crippen molar-refractivity contribution in [2.75, 3.05) is 50.9 Å². The first-order valence-corrected chi connectivity index (χ1v) is 12.3. The zero-order chi connectivity index (χ0) is 19.5. The molecule has 27 heavy (non-hydrogen) atoms. The highest BCUT2D eigenvalue weighted by atomic mass is 32.2. The first kappa shape index (κ1) is 20.7. The molecule has 1 aromatic carbocycles. The molecular weight excluding hydrogens is 395 g/mol. The number of nitrogens with zero attached hydrogens (tertiary/aromatic N) is 2. The van der Waals surface area contributed by atoms with E-state index in [0.717, 1.165) is 31.8 Å². The molecule has 0 spiro atoms. The third-order valence-electron chi connectivity index (χ3n) is 4.99. The number of rotatable bonds is 7.